The Labute approximate surface area is 141 Å². The van der Waals surface area contributed by atoms with Crippen LogP contribution in [0.25, 0.3) is 0 Å². The van der Waals surface area contributed by atoms with Gasteiger partial charge < -0.3 is 4.74 Å². The summed E-state index contributed by atoms with van der Waals surface area (Å²) >= 11 is 0. The molecule has 1 aliphatic rings. The molecule has 0 radical (unpaired) electrons. The lowest BCUT2D eigenvalue weighted by molar-refractivity contribution is 0.258. The Hall–Kier alpha value is -1.38. The van der Waals surface area contributed by atoms with Crippen LogP contribution >= 0.6 is 0 Å². The van der Waals surface area contributed by atoms with Gasteiger partial charge in [0.15, 0.2) is 5.90 Å². The van der Waals surface area contributed by atoms with Gasteiger partial charge in [-0.05, 0) is 30.9 Å². The summed E-state index contributed by atoms with van der Waals surface area (Å²) in [7, 11) is 0. The van der Waals surface area contributed by atoms with Crippen LogP contribution in [0.3, 0.4) is 0 Å². The third kappa shape index (κ3) is 4.13. The van der Waals surface area contributed by atoms with Crippen molar-refractivity contribution in [1.29, 1.82) is 0 Å². The maximum Gasteiger partial charge on any atom is 0.196 e. The lowest BCUT2D eigenvalue weighted by atomic mass is 9.74. The van der Waals surface area contributed by atoms with Crippen LogP contribution in [0.1, 0.15) is 71.9 Å². The summed E-state index contributed by atoms with van der Waals surface area (Å²) in [6.07, 6.45) is 8.76. The highest BCUT2D eigenvalue weighted by molar-refractivity contribution is 5.89. The molecule has 0 saturated carbocycles. The lowest BCUT2D eigenvalue weighted by Gasteiger charge is -2.32. The smallest absolute Gasteiger partial charge is 0.196 e. The third-order valence-electron chi connectivity index (χ3n) is 4.92. The van der Waals surface area contributed by atoms with Crippen molar-refractivity contribution in [3.8, 4) is 0 Å². The van der Waals surface area contributed by atoms with Gasteiger partial charge in [-0.3, -0.25) is 4.98 Å². The Balaban J connectivity index is 2.41. The van der Waals surface area contributed by atoms with E-state index >= 15 is 0 Å². The number of pyridine rings is 1. The monoisotopic (exact) mass is 316 g/mol. The minimum atomic E-state index is -0.142. The van der Waals surface area contributed by atoms with Crippen molar-refractivity contribution < 1.29 is 4.74 Å². The van der Waals surface area contributed by atoms with Crippen molar-refractivity contribution in [1.82, 2.24) is 4.98 Å². The fraction of sp³-hybridized carbons (Fsp3) is 0.700. The fourth-order valence-corrected chi connectivity index (χ4v) is 3.30. The zero-order valence-electron chi connectivity index (χ0n) is 15.2. The number of rotatable bonds is 9. The number of aliphatic imine (C=N–C) groups is 1. The topological polar surface area (TPSA) is 34.5 Å². The highest BCUT2D eigenvalue weighted by atomic mass is 16.5. The Kier molecular flexibility index (Phi) is 6.61. The average molecular weight is 316 g/mol. The van der Waals surface area contributed by atoms with Crippen LogP contribution in [0.15, 0.2) is 29.4 Å². The van der Waals surface area contributed by atoms with E-state index in [9.17, 15) is 0 Å². The van der Waals surface area contributed by atoms with Crippen molar-refractivity contribution in [2.75, 3.05) is 6.61 Å². The molecule has 2 heterocycles. The summed E-state index contributed by atoms with van der Waals surface area (Å²) < 4.78 is 6.15. The molecule has 23 heavy (non-hydrogen) atoms. The second-order valence-electron chi connectivity index (χ2n) is 7.06. The van der Waals surface area contributed by atoms with Gasteiger partial charge >= 0.3 is 0 Å². The molecule has 0 spiro atoms. The molecule has 1 atom stereocenters. The normalized spacial score (nSPS) is 18.1. The molecule has 0 aromatic carbocycles. The molecular weight excluding hydrogens is 284 g/mol. The van der Waals surface area contributed by atoms with Crippen LogP contribution in [-0.4, -0.2) is 23.5 Å². The molecule has 3 heteroatoms. The van der Waals surface area contributed by atoms with Crippen LogP contribution in [-0.2, 0) is 10.2 Å². The molecule has 0 fully saturated rings. The Morgan fingerprint density at radius 2 is 1.87 bits per heavy atom. The molecule has 1 aromatic heterocycles. The molecule has 0 saturated heterocycles. The first-order chi connectivity index (χ1) is 11.1. The quantitative estimate of drug-likeness (QED) is 0.631. The van der Waals surface area contributed by atoms with E-state index in [4.69, 9.17) is 14.7 Å². The van der Waals surface area contributed by atoms with Crippen molar-refractivity contribution in [3.63, 3.8) is 0 Å². The van der Waals surface area contributed by atoms with E-state index in [0.29, 0.717) is 5.92 Å². The van der Waals surface area contributed by atoms with E-state index in [0.717, 1.165) is 31.0 Å². The molecule has 0 unspecified atom stereocenters. The molecular formula is C20H32N2O. The van der Waals surface area contributed by atoms with Gasteiger partial charge in [-0.2, -0.15) is 0 Å². The van der Waals surface area contributed by atoms with Crippen LogP contribution in [0, 0.1) is 5.92 Å². The van der Waals surface area contributed by atoms with Crippen LogP contribution < -0.4 is 0 Å². The summed E-state index contributed by atoms with van der Waals surface area (Å²) in [5, 5.41) is 0. The lowest BCUT2D eigenvalue weighted by Crippen LogP contribution is -2.37. The van der Waals surface area contributed by atoms with Gasteiger partial charge in [0.05, 0.1) is 17.2 Å². The van der Waals surface area contributed by atoms with E-state index in [2.05, 4.69) is 39.8 Å². The zero-order valence-corrected chi connectivity index (χ0v) is 15.2. The minimum Gasteiger partial charge on any atom is -0.478 e. The van der Waals surface area contributed by atoms with E-state index in [1.807, 2.05) is 12.3 Å². The number of aromatic nitrogens is 1. The van der Waals surface area contributed by atoms with Gasteiger partial charge in [-0.1, -0.05) is 59.4 Å². The van der Waals surface area contributed by atoms with Crippen molar-refractivity contribution in [2.45, 2.75) is 77.7 Å². The summed E-state index contributed by atoms with van der Waals surface area (Å²) in [5.41, 5.74) is 0.988. The highest BCUT2D eigenvalue weighted by Crippen LogP contribution is 2.38. The molecule has 3 nitrogen and oxygen atoms in total. The third-order valence-corrected chi connectivity index (χ3v) is 4.92. The first kappa shape index (κ1) is 18.0. The van der Waals surface area contributed by atoms with Crippen LogP contribution in [0.5, 0.6) is 0 Å². The highest BCUT2D eigenvalue weighted by Gasteiger charge is 2.42. The van der Waals surface area contributed by atoms with Gasteiger partial charge in [0, 0.05) is 6.20 Å². The van der Waals surface area contributed by atoms with Gasteiger partial charge in [0.25, 0.3) is 0 Å². The van der Waals surface area contributed by atoms with Gasteiger partial charge in [-0.15, -0.1) is 0 Å². The Bertz CT molecular complexity index is 488. The van der Waals surface area contributed by atoms with E-state index < -0.39 is 0 Å². The van der Waals surface area contributed by atoms with Crippen molar-refractivity contribution in [3.05, 3.63) is 30.1 Å². The number of hydrogen-bond acceptors (Lipinski definition) is 3. The fourth-order valence-electron chi connectivity index (χ4n) is 3.30. The maximum absolute atomic E-state index is 6.15. The Morgan fingerprint density at radius 3 is 2.35 bits per heavy atom. The SMILES string of the molecule is CCCCC(CCCC)(C1=N[C@@H](C(C)C)CO1)c1ccccn1. The minimum absolute atomic E-state index is 0.142. The van der Waals surface area contributed by atoms with E-state index in [1.165, 1.54) is 25.7 Å². The molecule has 128 valence electrons. The summed E-state index contributed by atoms with van der Waals surface area (Å²) in [5.74, 6) is 1.46. The second kappa shape index (κ2) is 8.47. The average Bonchev–Trinajstić information content (AvgIpc) is 3.07. The summed E-state index contributed by atoms with van der Waals surface area (Å²) in [6.45, 7) is 9.66. The predicted octanol–water partition coefficient (Wildman–Crippen LogP) is 5.15. The number of nitrogens with zero attached hydrogens (tertiary/aromatic N) is 2. The van der Waals surface area contributed by atoms with Crippen LogP contribution in [0.4, 0.5) is 0 Å². The van der Waals surface area contributed by atoms with E-state index in [-0.39, 0.29) is 11.5 Å². The number of unbranched alkanes of at least 4 members (excludes halogenated alkanes) is 2. The first-order valence-electron chi connectivity index (χ1n) is 9.26. The molecule has 2 rings (SSSR count). The van der Waals surface area contributed by atoms with Gasteiger partial charge in [0.1, 0.15) is 6.61 Å². The summed E-state index contributed by atoms with van der Waals surface area (Å²) in [6, 6.07) is 6.52. The number of hydrogen-bond donors (Lipinski definition) is 0. The number of ether oxygens (including phenoxy) is 1. The van der Waals surface area contributed by atoms with Crippen molar-refractivity contribution >= 4 is 5.90 Å². The largest absolute Gasteiger partial charge is 0.478 e. The molecule has 0 aliphatic carbocycles. The van der Waals surface area contributed by atoms with Gasteiger partial charge in [-0.25, -0.2) is 4.99 Å². The molecule has 1 aliphatic heterocycles. The molecule has 0 N–H and O–H groups in total. The summed E-state index contributed by atoms with van der Waals surface area (Å²) in [4.78, 5) is 9.71. The van der Waals surface area contributed by atoms with E-state index in [1.54, 1.807) is 0 Å². The van der Waals surface area contributed by atoms with Gasteiger partial charge in [0.2, 0.25) is 0 Å². The standard InChI is InChI=1S/C20H32N2O/c1-5-7-12-20(13-8-6-2,18-11-9-10-14-21-18)19-22-17(15-23-19)16(3)4/h9-11,14,16-17H,5-8,12-13,15H2,1-4H3/t17-/m1/s1. The first-order valence-corrected chi connectivity index (χ1v) is 9.26. The molecule has 0 amide bonds. The predicted molar refractivity (Wildman–Crippen MR) is 97.0 cm³/mol. The second-order valence-corrected chi connectivity index (χ2v) is 7.06. The Morgan fingerprint density at radius 1 is 1.17 bits per heavy atom. The zero-order chi connectivity index (χ0) is 16.7. The maximum atomic E-state index is 6.15. The molecule has 1 aromatic rings. The van der Waals surface area contributed by atoms with Crippen molar-refractivity contribution in [2.24, 2.45) is 10.9 Å². The van der Waals surface area contributed by atoms with Crippen LogP contribution in [0.2, 0.25) is 0 Å². The molecule has 0 bridgehead atoms.